The van der Waals surface area contributed by atoms with Crippen molar-refractivity contribution >= 4 is 0 Å². The fraction of sp³-hybridized carbons (Fsp3) is 0.800. The van der Waals surface area contributed by atoms with Crippen molar-refractivity contribution in [2.45, 2.75) is 19.4 Å². The topological polar surface area (TPSA) is 9.23 Å². The molecular formula is C5H11O. The standard InChI is InChI=1S/C5H11O/c1-4-5(2)6-3/h5H,1,4H2,2-3H3/t5-/m0/s1. The van der Waals surface area contributed by atoms with E-state index in [4.69, 9.17) is 4.74 Å². The summed E-state index contributed by atoms with van der Waals surface area (Å²) >= 11 is 0. The molecule has 0 amide bonds. The molecule has 0 heterocycles. The van der Waals surface area contributed by atoms with Gasteiger partial charge < -0.3 is 4.74 Å². The summed E-state index contributed by atoms with van der Waals surface area (Å²) in [5, 5.41) is 0. The van der Waals surface area contributed by atoms with E-state index >= 15 is 0 Å². The van der Waals surface area contributed by atoms with Crippen LogP contribution in [0.15, 0.2) is 0 Å². The third-order valence-electron chi connectivity index (χ3n) is 0.809. The maximum Gasteiger partial charge on any atom is 0.0543 e. The highest BCUT2D eigenvalue weighted by Crippen LogP contribution is 1.89. The molecule has 0 aromatic carbocycles. The van der Waals surface area contributed by atoms with Crippen LogP contribution in [0.2, 0.25) is 0 Å². The lowest BCUT2D eigenvalue weighted by Gasteiger charge is -2.01. The van der Waals surface area contributed by atoms with Crippen LogP contribution in [-0.4, -0.2) is 13.2 Å². The lowest BCUT2D eigenvalue weighted by Crippen LogP contribution is -2.00. The second kappa shape index (κ2) is 3.16. The van der Waals surface area contributed by atoms with Crippen molar-refractivity contribution in [2.24, 2.45) is 0 Å². The third-order valence-corrected chi connectivity index (χ3v) is 0.809. The van der Waals surface area contributed by atoms with E-state index in [-0.39, 0.29) is 0 Å². The summed E-state index contributed by atoms with van der Waals surface area (Å²) in [6, 6.07) is 0. The van der Waals surface area contributed by atoms with Crippen molar-refractivity contribution in [1.29, 1.82) is 0 Å². The van der Waals surface area contributed by atoms with Gasteiger partial charge in [0.15, 0.2) is 0 Å². The van der Waals surface area contributed by atoms with E-state index < -0.39 is 0 Å². The predicted molar refractivity (Wildman–Crippen MR) is 26.4 cm³/mol. The van der Waals surface area contributed by atoms with Crippen LogP contribution in [0.25, 0.3) is 0 Å². The Bertz CT molecular complexity index is 23.1. The quantitative estimate of drug-likeness (QED) is 0.492. The Hall–Kier alpha value is -0.0400. The molecule has 37 valence electrons. The van der Waals surface area contributed by atoms with Crippen LogP contribution in [0.4, 0.5) is 0 Å². The molecule has 0 bridgehead atoms. The second-order valence-electron chi connectivity index (χ2n) is 1.33. The van der Waals surface area contributed by atoms with Crippen molar-refractivity contribution in [3.63, 3.8) is 0 Å². The Morgan fingerprint density at radius 3 is 2.33 bits per heavy atom. The SMILES string of the molecule is [CH2]C[C@H](C)OC. The van der Waals surface area contributed by atoms with Gasteiger partial charge >= 0.3 is 0 Å². The third kappa shape index (κ3) is 2.21. The van der Waals surface area contributed by atoms with Gasteiger partial charge in [-0.25, -0.2) is 0 Å². The minimum atomic E-state index is 0.324. The zero-order chi connectivity index (χ0) is 4.99. The first-order valence-electron chi connectivity index (χ1n) is 2.13. The van der Waals surface area contributed by atoms with Crippen molar-refractivity contribution < 1.29 is 4.74 Å². The highest BCUT2D eigenvalue weighted by Gasteiger charge is 1.88. The summed E-state index contributed by atoms with van der Waals surface area (Å²) < 4.78 is 4.84. The second-order valence-corrected chi connectivity index (χ2v) is 1.33. The largest absolute Gasteiger partial charge is 0.382 e. The molecule has 0 aliphatic rings. The van der Waals surface area contributed by atoms with Crippen LogP contribution in [0.1, 0.15) is 13.3 Å². The fourth-order valence-electron chi connectivity index (χ4n) is 0.118. The van der Waals surface area contributed by atoms with E-state index in [1.807, 2.05) is 6.92 Å². The van der Waals surface area contributed by atoms with Crippen LogP contribution in [0, 0.1) is 6.92 Å². The fourth-order valence-corrected chi connectivity index (χ4v) is 0.118. The van der Waals surface area contributed by atoms with Crippen molar-refractivity contribution in [2.75, 3.05) is 7.11 Å². The molecule has 0 spiro atoms. The monoisotopic (exact) mass is 87.1 g/mol. The number of rotatable bonds is 2. The maximum absolute atomic E-state index is 4.84. The summed E-state index contributed by atoms with van der Waals surface area (Å²) in [6.45, 7) is 5.62. The molecule has 1 atom stereocenters. The van der Waals surface area contributed by atoms with E-state index in [1.165, 1.54) is 0 Å². The van der Waals surface area contributed by atoms with Gasteiger partial charge in [0.1, 0.15) is 0 Å². The average Bonchev–Trinajstić information content (AvgIpc) is 1.65. The van der Waals surface area contributed by atoms with Crippen molar-refractivity contribution in [3.8, 4) is 0 Å². The minimum absolute atomic E-state index is 0.324. The highest BCUT2D eigenvalue weighted by molar-refractivity contribution is 4.47. The summed E-state index contributed by atoms with van der Waals surface area (Å²) in [6.07, 6.45) is 1.18. The molecule has 0 aromatic heterocycles. The van der Waals surface area contributed by atoms with Crippen LogP contribution < -0.4 is 0 Å². The van der Waals surface area contributed by atoms with Gasteiger partial charge in [0.2, 0.25) is 0 Å². The van der Waals surface area contributed by atoms with Gasteiger partial charge in [-0.3, -0.25) is 0 Å². The Balaban J connectivity index is 2.75. The normalized spacial score (nSPS) is 14.5. The lowest BCUT2D eigenvalue weighted by molar-refractivity contribution is 0.120. The molecule has 1 radical (unpaired) electrons. The Labute approximate surface area is 39.3 Å². The average molecular weight is 87.1 g/mol. The van der Waals surface area contributed by atoms with Crippen LogP contribution in [-0.2, 0) is 4.74 Å². The molecule has 0 saturated carbocycles. The summed E-state index contributed by atoms with van der Waals surface area (Å²) in [4.78, 5) is 0. The van der Waals surface area contributed by atoms with Gasteiger partial charge in [0.05, 0.1) is 6.10 Å². The smallest absolute Gasteiger partial charge is 0.0543 e. The zero-order valence-corrected chi connectivity index (χ0v) is 4.40. The molecule has 0 fully saturated rings. The minimum Gasteiger partial charge on any atom is -0.382 e. The number of hydrogen-bond acceptors (Lipinski definition) is 1. The van der Waals surface area contributed by atoms with Gasteiger partial charge in [0, 0.05) is 7.11 Å². The van der Waals surface area contributed by atoms with E-state index in [0.29, 0.717) is 6.10 Å². The van der Waals surface area contributed by atoms with Gasteiger partial charge in [0.25, 0.3) is 0 Å². The van der Waals surface area contributed by atoms with Gasteiger partial charge in [-0.2, -0.15) is 0 Å². The molecule has 1 heteroatoms. The van der Waals surface area contributed by atoms with Crippen LogP contribution in [0.3, 0.4) is 0 Å². The molecule has 0 aliphatic carbocycles. The molecule has 1 nitrogen and oxygen atoms in total. The van der Waals surface area contributed by atoms with Crippen molar-refractivity contribution in [3.05, 3.63) is 6.92 Å². The molecule has 0 N–H and O–H groups in total. The molecule has 0 rings (SSSR count). The summed E-state index contributed by atoms with van der Waals surface area (Å²) in [5.41, 5.74) is 0. The van der Waals surface area contributed by atoms with Crippen molar-refractivity contribution in [1.82, 2.24) is 0 Å². The Morgan fingerprint density at radius 1 is 1.83 bits per heavy atom. The summed E-state index contributed by atoms with van der Waals surface area (Å²) in [7, 11) is 1.69. The number of hydrogen-bond donors (Lipinski definition) is 0. The first-order valence-corrected chi connectivity index (χ1v) is 2.13. The molecule has 0 unspecified atom stereocenters. The zero-order valence-electron chi connectivity index (χ0n) is 4.40. The van der Waals surface area contributed by atoms with Crippen LogP contribution >= 0.6 is 0 Å². The molecular weight excluding hydrogens is 76.1 g/mol. The molecule has 0 aromatic rings. The Kier molecular flexibility index (Phi) is 3.14. The molecule has 0 saturated heterocycles. The van der Waals surface area contributed by atoms with Gasteiger partial charge in [-0.05, 0) is 13.3 Å². The summed E-state index contributed by atoms with van der Waals surface area (Å²) in [5.74, 6) is 0. The molecule has 6 heavy (non-hydrogen) atoms. The van der Waals surface area contributed by atoms with E-state index in [1.54, 1.807) is 7.11 Å². The number of methoxy groups -OCH3 is 1. The van der Waals surface area contributed by atoms with E-state index in [9.17, 15) is 0 Å². The number of ether oxygens (including phenoxy) is 1. The van der Waals surface area contributed by atoms with Crippen LogP contribution in [0.5, 0.6) is 0 Å². The Morgan fingerprint density at radius 2 is 2.33 bits per heavy atom. The predicted octanol–water partition coefficient (Wildman–Crippen LogP) is 1.25. The van der Waals surface area contributed by atoms with Gasteiger partial charge in [-0.1, -0.05) is 6.92 Å². The maximum atomic E-state index is 4.84. The van der Waals surface area contributed by atoms with E-state index in [0.717, 1.165) is 6.42 Å². The highest BCUT2D eigenvalue weighted by atomic mass is 16.5. The van der Waals surface area contributed by atoms with Gasteiger partial charge in [-0.15, -0.1) is 0 Å². The lowest BCUT2D eigenvalue weighted by atomic mass is 10.3. The molecule has 0 aliphatic heterocycles. The first-order chi connectivity index (χ1) is 2.81. The first kappa shape index (κ1) is 5.96. The van der Waals surface area contributed by atoms with E-state index in [2.05, 4.69) is 6.92 Å².